The minimum atomic E-state index is -0.196. The normalized spacial score (nSPS) is 38.1. The molecule has 2 fully saturated rings. The third kappa shape index (κ3) is 0.686. The number of carbonyl (C=O) groups is 1. The lowest BCUT2D eigenvalue weighted by atomic mass is 10.2. The Morgan fingerprint density at radius 3 is 3.20 bits per heavy atom. The van der Waals surface area contributed by atoms with E-state index in [0.717, 1.165) is 6.42 Å². The van der Waals surface area contributed by atoms with Gasteiger partial charge < -0.3 is 15.4 Å². The quantitative estimate of drug-likeness (QED) is 0.498. The highest BCUT2D eigenvalue weighted by molar-refractivity contribution is 5.70. The van der Waals surface area contributed by atoms with Gasteiger partial charge in [0.2, 0.25) is 0 Å². The zero-order valence-corrected chi connectivity index (χ0v) is 5.62. The van der Waals surface area contributed by atoms with Crippen molar-refractivity contribution in [2.45, 2.75) is 18.5 Å². The molecular formula is C6H10N2O2. The number of carbonyl (C=O) groups excluding carboxylic acids is 1. The van der Waals surface area contributed by atoms with E-state index >= 15 is 0 Å². The molecule has 0 aliphatic carbocycles. The van der Waals surface area contributed by atoms with Crippen LogP contribution in [0.3, 0.4) is 0 Å². The Hall–Kier alpha value is -0.770. The van der Waals surface area contributed by atoms with E-state index < -0.39 is 0 Å². The van der Waals surface area contributed by atoms with Crippen LogP contribution in [0.2, 0.25) is 0 Å². The Morgan fingerprint density at radius 2 is 2.50 bits per heavy atom. The van der Waals surface area contributed by atoms with E-state index in [2.05, 4.69) is 0 Å². The van der Waals surface area contributed by atoms with Crippen LogP contribution >= 0.6 is 0 Å². The smallest absolute Gasteiger partial charge is 0.410 e. The first-order valence-corrected chi connectivity index (χ1v) is 3.46. The molecule has 0 unspecified atom stereocenters. The van der Waals surface area contributed by atoms with E-state index in [1.165, 1.54) is 0 Å². The van der Waals surface area contributed by atoms with Crippen LogP contribution in [0.25, 0.3) is 0 Å². The number of rotatable bonds is 0. The van der Waals surface area contributed by atoms with Gasteiger partial charge in [0.1, 0.15) is 6.61 Å². The van der Waals surface area contributed by atoms with E-state index in [0.29, 0.717) is 13.2 Å². The highest BCUT2D eigenvalue weighted by atomic mass is 16.6. The summed E-state index contributed by atoms with van der Waals surface area (Å²) in [6.07, 6.45) is 0.698. The summed E-state index contributed by atoms with van der Waals surface area (Å²) in [7, 11) is 0. The van der Waals surface area contributed by atoms with Gasteiger partial charge in [-0.2, -0.15) is 0 Å². The van der Waals surface area contributed by atoms with Crippen molar-refractivity contribution in [2.75, 3.05) is 13.2 Å². The summed E-state index contributed by atoms with van der Waals surface area (Å²) in [5.74, 6) is 0. The van der Waals surface area contributed by atoms with Gasteiger partial charge in [0.25, 0.3) is 0 Å². The van der Waals surface area contributed by atoms with Gasteiger partial charge >= 0.3 is 6.09 Å². The summed E-state index contributed by atoms with van der Waals surface area (Å²) < 4.78 is 4.80. The molecule has 2 aliphatic rings. The molecule has 0 aromatic carbocycles. The molecule has 4 heteroatoms. The average molecular weight is 142 g/mol. The van der Waals surface area contributed by atoms with Crippen LogP contribution in [0.5, 0.6) is 0 Å². The monoisotopic (exact) mass is 142 g/mol. The number of hydrogen-bond acceptors (Lipinski definition) is 3. The molecule has 0 saturated carbocycles. The molecular weight excluding hydrogens is 132 g/mol. The van der Waals surface area contributed by atoms with Crippen molar-refractivity contribution in [2.24, 2.45) is 5.73 Å². The molecule has 10 heavy (non-hydrogen) atoms. The minimum absolute atomic E-state index is 0.165. The zero-order chi connectivity index (χ0) is 7.14. The lowest BCUT2D eigenvalue weighted by Crippen LogP contribution is -2.29. The van der Waals surface area contributed by atoms with Crippen LogP contribution in [-0.2, 0) is 4.74 Å². The molecule has 0 aromatic rings. The number of ether oxygens (including phenoxy) is 1. The van der Waals surface area contributed by atoms with Gasteiger partial charge in [-0.3, -0.25) is 0 Å². The standard InChI is InChI=1S/C6H10N2O2/c7-4-1-5-3-10-6(9)8(5)2-4/h4-5H,1-3,7H2/t4-,5-/m0/s1. The van der Waals surface area contributed by atoms with Crippen molar-refractivity contribution < 1.29 is 9.53 Å². The van der Waals surface area contributed by atoms with Gasteiger partial charge in [-0.1, -0.05) is 0 Å². The second-order valence-electron chi connectivity index (χ2n) is 2.88. The molecule has 0 bridgehead atoms. The molecule has 2 heterocycles. The first-order valence-electron chi connectivity index (χ1n) is 3.46. The third-order valence-corrected chi connectivity index (χ3v) is 2.08. The number of cyclic esters (lactones) is 1. The van der Waals surface area contributed by atoms with Gasteiger partial charge in [0, 0.05) is 12.6 Å². The van der Waals surface area contributed by atoms with Crippen molar-refractivity contribution in [3.05, 3.63) is 0 Å². The maximum Gasteiger partial charge on any atom is 0.410 e. The fraction of sp³-hybridized carbons (Fsp3) is 0.833. The largest absolute Gasteiger partial charge is 0.447 e. The van der Waals surface area contributed by atoms with Gasteiger partial charge in [0.15, 0.2) is 0 Å². The Kier molecular flexibility index (Phi) is 1.11. The van der Waals surface area contributed by atoms with Crippen LogP contribution in [0.15, 0.2) is 0 Å². The predicted molar refractivity (Wildman–Crippen MR) is 34.4 cm³/mol. The average Bonchev–Trinajstić information content (AvgIpc) is 2.35. The Balaban J connectivity index is 2.12. The highest BCUT2D eigenvalue weighted by Crippen LogP contribution is 2.22. The number of hydrogen-bond donors (Lipinski definition) is 1. The fourth-order valence-corrected chi connectivity index (χ4v) is 1.58. The first kappa shape index (κ1) is 5.97. The molecule has 1 amide bonds. The van der Waals surface area contributed by atoms with Crippen LogP contribution in [0.1, 0.15) is 6.42 Å². The van der Waals surface area contributed by atoms with Crippen molar-refractivity contribution >= 4 is 6.09 Å². The van der Waals surface area contributed by atoms with Gasteiger partial charge in [-0.05, 0) is 6.42 Å². The summed E-state index contributed by atoms with van der Waals surface area (Å²) in [4.78, 5) is 12.6. The predicted octanol–water partition coefficient (Wildman–Crippen LogP) is -0.462. The fourth-order valence-electron chi connectivity index (χ4n) is 1.58. The first-order chi connectivity index (χ1) is 4.77. The molecule has 2 rings (SSSR count). The minimum Gasteiger partial charge on any atom is -0.447 e. The molecule has 2 saturated heterocycles. The van der Waals surface area contributed by atoms with E-state index in [-0.39, 0.29) is 18.2 Å². The SMILES string of the molecule is N[C@H]1C[C@H]2COC(=O)N2C1. The maximum absolute atomic E-state index is 10.8. The summed E-state index contributed by atoms with van der Waals surface area (Å²) in [5, 5.41) is 0. The topological polar surface area (TPSA) is 55.6 Å². The van der Waals surface area contributed by atoms with Crippen molar-refractivity contribution in [1.82, 2.24) is 4.90 Å². The van der Waals surface area contributed by atoms with Crippen LogP contribution in [0, 0.1) is 0 Å². The maximum atomic E-state index is 10.8. The summed E-state index contributed by atoms with van der Waals surface area (Å²) in [5.41, 5.74) is 5.64. The number of nitrogens with two attached hydrogens (primary N) is 1. The lowest BCUT2D eigenvalue weighted by Gasteiger charge is -2.08. The lowest BCUT2D eigenvalue weighted by molar-refractivity contribution is 0.158. The Morgan fingerprint density at radius 1 is 1.70 bits per heavy atom. The third-order valence-electron chi connectivity index (χ3n) is 2.08. The second kappa shape index (κ2) is 1.85. The van der Waals surface area contributed by atoms with E-state index in [9.17, 15) is 4.79 Å². The van der Waals surface area contributed by atoms with Crippen LogP contribution in [0.4, 0.5) is 4.79 Å². The molecule has 0 radical (unpaired) electrons. The van der Waals surface area contributed by atoms with E-state index in [1.807, 2.05) is 0 Å². The van der Waals surface area contributed by atoms with Gasteiger partial charge in [-0.25, -0.2) is 4.79 Å². The number of amides is 1. The molecule has 56 valence electrons. The number of nitrogens with zero attached hydrogens (tertiary/aromatic N) is 1. The zero-order valence-electron chi connectivity index (χ0n) is 5.62. The molecule has 2 aliphatic heterocycles. The molecule has 4 nitrogen and oxygen atoms in total. The van der Waals surface area contributed by atoms with Crippen molar-refractivity contribution in [1.29, 1.82) is 0 Å². The van der Waals surface area contributed by atoms with Crippen LogP contribution < -0.4 is 5.73 Å². The molecule has 0 aromatic heterocycles. The Labute approximate surface area is 58.9 Å². The van der Waals surface area contributed by atoms with Gasteiger partial charge in [0.05, 0.1) is 6.04 Å². The van der Waals surface area contributed by atoms with Crippen LogP contribution in [-0.4, -0.2) is 36.2 Å². The van der Waals surface area contributed by atoms with E-state index in [1.54, 1.807) is 4.90 Å². The van der Waals surface area contributed by atoms with Gasteiger partial charge in [-0.15, -0.1) is 0 Å². The second-order valence-corrected chi connectivity index (χ2v) is 2.88. The highest BCUT2D eigenvalue weighted by Gasteiger charge is 2.39. The summed E-state index contributed by atoms with van der Waals surface area (Å²) in [6, 6.07) is 0.431. The number of fused-ring (bicyclic) bond motifs is 1. The molecule has 2 atom stereocenters. The molecule has 0 spiro atoms. The van der Waals surface area contributed by atoms with E-state index in [4.69, 9.17) is 10.5 Å². The van der Waals surface area contributed by atoms with Crippen molar-refractivity contribution in [3.63, 3.8) is 0 Å². The van der Waals surface area contributed by atoms with Crippen molar-refractivity contribution in [3.8, 4) is 0 Å². The summed E-state index contributed by atoms with van der Waals surface area (Å²) >= 11 is 0. The molecule has 2 N–H and O–H groups in total. The summed E-state index contributed by atoms with van der Waals surface area (Å²) in [6.45, 7) is 1.20. The Bertz CT molecular complexity index is 171.